The lowest BCUT2D eigenvalue weighted by molar-refractivity contribution is 0.210. The number of likely N-dealkylation sites (tertiary alicyclic amines) is 1. The van der Waals surface area contributed by atoms with Crippen LogP contribution in [0.3, 0.4) is 0 Å². The third-order valence-corrected chi connectivity index (χ3v) is 5.20. The normalized spacial score (nSPS) is 24.0. The fourth-order valence-corrected chi connectivity index (χ4v) is 3.81. The molecule has 3 rings (SSSR count). The van der Waals surface area contributed by atoms with Gasteiger partial charge in [0, 0.05) is 11.1 Å². The Kier molecular flexibility index (Phi) is 4.65. The molecule has 1 N–H and O–H groups in total. The van der Waals surface area contributed by atoms with Crippen molar-refractivity contribution >= 4 is 11.6 Å². The molecule has 20 heavy (non-hydrogen) atoms. The molecule has 0 amide bonds. The number of aryl methyl sites for hydroxylation is 1. The van der Waals surface area contributed by atoms with E-state index in [0.717, 1.165) is 17.5 Å². The van der Waals surface area contributed by atoms with Crippen molar-refractivity contribution in [3.63, 3.8) is 0 Å². The van der Waals surface area contributed by atoms with Crippen LogP contribution in [0.4, 0.5) is 0 Å². The molecule has 1 fully saturated rings. The molecule has 0 bridgehead atoms. The number of rotatable bonds is 4. The van der Waals surface area contributed by atoms with E-state index in [4.69, 9.17) is 11.6 Å². The number of benzene rings is 1. The van der Waals surface area contributed by atoms with E-state index in [9.17, 15) is 0 Å². The highest BCUT2D eigenvalue weighted by Crippen LogP contribution is 2.33. The molecule has 1 heterocycles. The van der Waals surface area contributed by atoms with Crippen LogP contribution in [0.15, 0.2) is 18.2 Å². The molecule has 1 unspecified atom stereocenters. The fourth-order valence-electron chi connectivity index (χ4n) is 3.61. The molecule has 2 aliphatic rings. The van der Waals surface area contributed by atoms with E-state index in [0.29, 0.717) is 6.04 Å². The minimum absolute atomic E-state index is 0.550. The predicted octanol–water partition coefficient (Wildman–Crippen LogP) is 3.65. The van der Waals surface area contributed by atoms with E-state index < -0.39 is 0 Å². The Morgan fingerprint density at radius 3 is 2.85 bits per heavy atom. The molecule has 1 atom stereocenters. The van der Waals surface area contributed by atoms with E-state index >= 15 is 0 Å². The van der Waals surface area contributed by atoms with E-state index in [1.54, 1.807) is 0 Å². The molecule has 1 aliphatic heterocycles. The van der Waals surface area contributed by atoms with Gasteiger partial charge in [-0.2, -0.15) is 0 Å². The predicted molar refractivity (Wildman–Crippen MR) is 85.4 cm³/mol. The first-order valence-electron chi connectivity index (χ1n) is 7.92. The summed E-state index contributed by atoms with van der Waals surface area (Å²) in [5, 5.41) is 4.63. The van der Waals surface area contributed by atoms with E-state index in [1.165, 1.54) is 56.3 Å². The minimum atomic E-state index is 0.550. The van der Waals surface area contributed by atoms with Gasteiger partial charge >= 0.3 is 0 Å². The van der Waals surface area contributed by atoms with Gasteiger partial charge in [-0.1, -0.05) is 17.7 Å². The third-order valence-electron chi connectivity index (χ3n) is 4.96. The molecule has 110 valence electrons. The monoisotopic (exact) mass is 292 g/mol. The molecule has 1 aliphatic carbocycles. The summed E-state index contributed by atoms with van der Waals surface area (Å²) in [4.78, 5) is 2.45. The number of nitrogens with zero attached hydrogens (tertiary/aromatic N) is 1. The van der Waals surface area contributed by atoms with Crippen LogP contribution in [0.25, 0.3) is 0 Å². The molecule has 1 aromatic rings. The maximum atomic E-state index is 6.06. The molecule has 0 spiro atoms. The summed E-state index contributed by atoms with van der Waals surface area (Å²) in [6.45, 7) is 3.70. The summed E-state index contributed by atoms with van der Waals surface area (Å²) in [5.74, 6) is 0.921. The summed E-state index contributed by atoms with van der Waals surface area (Å²) in [7, 11) is 2.23. The second-order valence-electron chi connectivity index (χ2n) is 6.42. The zero-order valence-corrected chi connectivity index (χ0v) is 13.1. The zero-order chi connectivity index (χ0) is 13.9. The number of halogens is 1. The van der Waals surface area contributed by atoms with Crippen LogP contribution in [0.1, 0.15) is 42.9 Å². The number of hydrogen-bond acceptors (Lipinski definition) is 2. The van der Waals surface area contributed by atoms with Gasteiger partial charge in [0.2, 0.25) is 0 Å². The SMILES string of the molecule is CN1CCC(CCNC2CCc3cc(Cl)ccc32)CC1. The first-order chi connectivity index (χ1) is 9.72. The summed E-state index contributed by atoms with van der Waals surface area (Å²) in [6, 6.07) is 6.92. The maximum absolute atomic E-state index is 6.06. The van der Waals surface area contributed by atoms with Crippen LogP contribution in [-0.4, -0.2) is 31.6 Å². The number of fused-ring (bicyclic) bond motifs is 1. The van der Waals surface area contributed by atoms with Gasteiger partial charge in [-0.25, -0.2) is 0 Å². The molecule has 2 nitrogen and oxygen atoms in total. The lowest BCUT2D eigenvalue weighted by atomic mass is 9.93. The lowest BCUT2D eigenvalue weighted by Gasteiger charge is -2.29. The first kappa shape index (κ1) is 14.4. The lowest BCUT2D eigenvalue weighted by Crippen LogP contribution is -2.32. The second-order valence-corrected chi connectivity index (χ2v) is 6.86. The van der Waals surface area contributed by atoms with Gasteiger partial charge in [0.05, 0.1) is 0 Å². The Bertz CT molecular complexity index is 452. The van der Waals surface area contributed by atoms with Crippen molar-refractivity contribution in [1.82, 2.24) is 10.2 Å². The molecule has 0 radical (unpaired) electrons. The Labute approximate surface area is 127 Å². The average molecular weight is 293 g/mol. The van der Waals surface area contributed by atoms with Crippen LogP contribution in [0.5, 0.6) is 0 Å². The van der Waals surface area contributed by atoms with Crippen molar-refractivity contribution in [2.45, 2.75) is 38.1 Å². The van der Waals surface area contributed by atoms with Crippen LogP contribution in [0, 0.1) is 5.92 Å². The van der Waals surface area contributed by atoms with Gasteiger partial charge in [0.25, 0.3) is 0 Å². The van der Waals surface area contributed by atoms with Crippen molar-refractivity contribution in [2.75, 3.05) is 26.7 Å². The van der Waals surface area contributed by atoms with Crippen molar-refractivity contribution in [3.8, 4) is 0 Å². The highest BCUT2D eigenvalue weighted by atomic mass is 35.5. The number of piperidine rings is 1. The maximum Gasteiger partial charge on any atom is 0.0408 e. The second kappa shape index (κ2) is 6.46. The number of nitrogens with one attached hydrogen (secondary N) is 1. The van der Waals surface area contributed by atoms with Crippen LogP contribution >= 0.6 is 11.6 Å². The summed E-state index contributed by atoms with van der Waals surface area (Å²) in [6.07, 6.45) is 6.46. The third kappa shape index (κ3) is 3.36. The molecule has 0 saturated carbocycles. The average Bonchev–Trinajstić information content (AvgIpc) is 2.83. The smallest absolute Gasteiger partial charge is 0.0408 e. The van der Waals surface area contributed by atoms with Gasteiger partial charge in [-0.3, -0.25) is 0 Å². The van der Waals surface area contributed by atoms with Crippen molar-refractivity contribution < 1.29 is 0 Å². The van der Waals surface area contributed by atoms with Crippen LogP contribution < -0.4 is 5.32 Å². The van der Waals surface area contributed by atoms with E-state index in [-0.39, 0.29) is 0 Å². The van der Waals surface area contributed by atoms with Crippen molar-refractivity contribution in [1.29, 1.82) is 0 Å². The molecule has 3 heteroatoms. The quantitative estimate of drug-likeness (QED) is 0.911. The first-order valence-corrected chi connectivity index (χ1v) is 8.30. The number of hydrogen-bond donors (Lipinski definition) is 1. The minimum Gasteiger partial charge on any atom is -0.310 e. The van der Waals surface area contributed by atoms with Crippen molar-refractivity contribution in [2.24, 2.45) is 5.92 Å². The van der Waals surface area contributed by atoms with Gasteiger partial charge in [-0.05, 0) is 88.0 Å². The van der Waals surface area contributed by atoms with Crippen molar-refractivity contribution in [3.05, 3.63) is 34.3 Å². The fraction of sp³-hybridized carbons (Fsp3) is 0.647. The molecule has 0 aromatic heterocycles. The summed E-state index contributed by atoms with van der Waals surface area (Å²) in [5.41, 5.74) is 2.91. The Morgan fingerprint density at radius 2 is 2.05 bits per heavy atom. The summed E-state index contributed by atoms with van der Waals surface area (Å²) < 4.78 is 0. The summed E-state index contributed by atoms with van der Waals surface area (Å²) >= 11 is 6.06. The van der Waals surface area contributed by atoms with Gasteiger partial charge in [0.1, 0.15) is 0 Å². The highest BCUT2D eigenvalue weighted by Gasteiger charge is 2.22. The molecule has 1 saturated heterocycles. The standard InChI is InChI=1S/C17H25ClN2/c1-20-10-7-13(8-11-20)6-9-19-17-5-2-14-12-15(18)3-4-16(14)17/h3-4,12-13,17,19H,2,5-11H2,1H3. The Morgan fingerprint density at radius 1 is 1.25 bits per heavy atom. The topological polar surface area (TPSA) is 15.3 Å². The highest BCUT2D eigenvalue weighted by molar-refractivity contribution is 6.30. The Balaban J connectivity index is 1.46. The van der Waals surface area contributed by atoms with E-state index in [2.05, 4.69) is 29.4 Å². The molecular weight excluding hydrogens is 268 g/mol. The van der Waals surface area contributed by atoms with E-state index in [1.807, 2.05) is 6.07 Å². The van der Waals surface area contributed by atoms with Crippen LogP contribution in [-0.2, 0) is 6.42 Å². The van der Waals surface area contributed by atoms with Gasteiger partial charge in [-0.15, -0.1) is 0 Å². The largest absolute Gasteiger partial charge is 0.310 e. The zero-order valence-electron chi connectivity index (χ0n) is 12.4. The van der Waals surface area contributed by atoms with Gasteiger partial charge < -0.3 is 10.2 Å². The van der Waals surface area contributed by atoms with Gasteiger partial charge in [0.15, 0.2) is 0 Å². The Hall–Kier alpha value is -0.570. The molecular formula is C17H25ClN2. The molecule has 1 aromatic carbocycles. The van der Waals surface area contributed by atoms with Crippen LogP contribution in [0.2, 0.25) is 5.02 Å².